The number of nitrogens with one attached hydrogen (secondary N) is 2. The van der Waals surface area contributed by atoms with Crippen molar-refractivity contribution in [3.63, 3.8) is 0 Å². The molecule has 0 unspecified atom stereocenters. The molecule has 0 aliphatic carbocycles. The van der Waals surface area contributed by atoms with Crippen molar-refractivity contribution in [2.75, 3.05) is 13.2 Å². The summed E-state index contributed by atoms with van der Waals surface area (Å²) in [7, 11) is 0. The summed E-state index contributed by atoms with van der Waals surface area (Å²) in [6.07, 6.45) is 2.09. The predicted octanol–water partition coefficient (Wildman–Crippen LogP) is 2.33. The first-order chi connectivity index (χ1) is 11.1. The molecule has 23 heavy (non-hydrogen) atoms. The molecule has 0 saturated carbocycles. The summed E-state index contributed by atoms with van der Waals surface area (Å²) >= 11 is 0. The zero-order valence-corrected chi connectivity index (χ0v) is 13.7. The Kier molecular flexibility index (Phi) is 4.65. The summed E-state index contributed by atoms with van der Waals surface area (Å²) in [6.45, 7) is 5.34. The van der Waals surface area contributed by atoms with E-state index in [4.69, 9.17) is 4.74 Å². The van der Waals surface area contributed by atoms with Crippen LogP contribution in [0.15, 0.2) is 24.3 Å². The lowest BCUT2D eigenvalue weighted by Gasteiger charge is -2.25. The van der Waals surface area contributed by atoms with Crippen LogP contribution in [0.25, 0.3) is 0 Å². The molecule has 1 amide bonds. The standard InChI is InChI=1S/C18H23N3O2/c1-12-13(2)20-21-16(12)7-8-18(22)19-10-14-9-15-5-3-4-6-17(15)23-11-14/h3-6,14H,7-11H2,1-2H3,(H,19,22)(H,20,21)/t14-/m0/s1. The minimum Gasteiger partial charge on any atom is -0.493 e. The second-order valence-corrected chi connectivity index (χ2v) is 6.21. The average Bonchev–Trinajstić information content (AvgIpc) is 2.89. The Balaban J connectivity index is 1.44. The molecule has 0 saturated heterocycles. The molecule has 0 bridgehead atoms. The van der Waals surface area contributed by atoms with Gasteiger partial charge in [-0.3, -0.25) is 9.89 Å². The summed E-state index contributed by atoms with van der Waals surface area (Å²) < 4.78 is 5.75. The number of carbonyl (C=O) groups is 1. The van der Waals surface area contributed by atoms with E-state index in [9.17, 15) is 4.79 Å². The minimum atomic E-state index is 0.0731. The zero-order valence-electron chi connectivity index (χ0n) is 13.7. The molecule has 1 aliphatic rings. The van der Waals surface area contributed by atoms with Crippen molar-refractivity contribution in [3.8, 4) is 5.75 Å². The second-order valence-electron chi connectivity index (χ2n) is 6.21. The number of rotatable bonds is 5. The molecule has 0 fully saturated rings. The number of nitrogens with zero attached hydrogens (tertiary/aromatic N) is 1. The average molecular weight is 313 g/mol. The maximum absolute atomic E-state index is 12.0. The van der Waals surface area contributed by atoms with E-state index < -0.39 is 0 Å². The summed E-state index contributed by atoms with van der Waals surface area (Å²) in [4.78, 5) is 12.0. The van der Waals surface area contributed by atoms with Crippen molar-refractivity contribution in [2.24, 2.45) is 5.92 Å². The Bertz CT molecular complexity index is 693. The number of ether oxygens (including phenoxy) is 1. The van der Waals surface area contributed by atoms with Crippen LogP contribution in [0, 0.1) is 19.8 Å². The summed E-state index contributed by atoms with van der Waals surface area (Å²) in [5.41, 5.74) is 4.42. The summed E-state index contributed by atoms with van der Waals surface area (Å²) in [6, 6.07) is 8.10. The van der Waals surface area contributed by atoms with Crippen molar-refractivity contribution in [3.05, 3.63) is 46.8 Å². The van der Waals surface area contributed by atoms with E-state index in [-0.39, 0.29) is 5.91 Å². The number of fused-ring (bicyclic) bond motifs is 1. The van der Waals surface area contributed by atoms with Crippen LogP contribution in [0.4, 0.5) is 0 Å². The van der Waals surface area contributed by atoms with Crippen LogP contribution in [0.2, 0.25) is 0 Å². The lowest BCUT2D eigenvalue weighted by molar-refractivity contribution is -0.121. The summed E-state index contributed by atoms with van der Waals surface area (Å²) in [5, 5.41) is 10.2. The molecule has 5 nitrogen and oxygen atoms in total. The first-order valence-corrected chi connectivity index (χ1v) is 8.11. The van der Waals surface area contributed by atoms with E-state index in [1.165, 1.54) is 5.56 Å². The molecular weight excluding hydrogens is 290 g/mol. The zero-order chi connectivity index (χ0) is 16.2. The van der Waals surface area contributed by atoms with Gasteiger partial charge in [0.2, 0.25) is 5.91 Å². The number of benzene rings is 1. The number of H-pyrrole nitrogens is 1. The van der Waals surface area contributed by atoms with E-state index in [0.29, 0.717) is 31.9 Å². The molecule has 1 aromatic carbocycles. The third-order valence-electron chi connectivity index (χ3n) is 4.49. The quantitative estimate of drug-likeness (QED) is 0.890. The van der Waals surface area contributed by atoms with Gasteiger partial charge in [-0.25, -0.2) is 0 Å². The number of aromatic nitrogens is 2. The fraction of sp³-hybridized carbons (Fsp3) is 0.444. The topological polar surface area (TPSA) is 67.0 Å². The molecule has 1 aromatic heterocycles. The van der Waals surface area contributed by atoms with Gasteiger partial charge in [0.15, 0.2) is 0 Å². The van der Waals surface area contributed by atoms with Gasteiger partial charge in [0.05, 0.1) is 12.3 Å². The third-order valence-corrected chi connectivity index (χ3v) is 4.49. The van der Waals surface area contributed by atoms with E-state index in [1.54, 1.807) is 0 Å². The molecule has 2 heterocycles. The van der Waals surface area contributed by atoms with Crippen LogP contribution in [0.3, 0.4) is 0 Å². The smallest absolute Gasteiger partial charge is 0.220 e. The van der Waals surface area contributed by atoms with Crippen molar-refractivity contribution in [2.45, 2.75) is 33.1 Å². The first-order valence-electron chi connectivity index (χ1n) is 8.11. The van der Waals surface area contributed by atoms with E-state index in [0.717, 1.165) is 29.1 Å². The Morgan fingerprint density at radius 1 is 1.39 bits per heavy atom. The van der Waals surface area contributed by atoms with Gasteiger partial charge in [0.25, 0.3) is 0 Å². The van der Waals surface area contributed by atoms with Crippen molar-refractivity contribution < 1.29 is 9.53 Å². The van der Waals surface area contributed by atoms with Crippen LogP contribution in [-0.4, -0.2) is 29.3 Å². The number of aryl methyl sites for hydroxylation is 2. The Hall–Kier alpha value is -2.30. The molecule has 122 valence electrons. The SMILES string of the molecule is Cc1[nH]nc(CCC(=O)NC[C@H]2COc3ccccc3C2)c1C. The molecule has 5 heteroatoms. The summed E-state index contributed by atoms with van der Waals surface area (Å²) in [5.74, 6) is 1.38. The van der Waals surface area contributed by atoms with E-state index in [1.807, 2.05) is 32.0 Å². The highest BCUT2D eigenvalue weighted by Gasteiger charge is 2.20. The van der Waals surface area contributed by atoms with Gasteiger partial charge in [-0.05, 0) is 37.5 Å². The molecular formula is C18H23N3O2. The molecule has 1 atom stereocenters. The van der Waals surface area contributed by atoms with E-state index in [2.05, 4.69) is 21.6 Å². The number of aromatic amines is 1. The number of hydrogen-bond donors (Lipinski definition) is 2. The minimum absolute atomic E-state index is 0.0731. The largest absolute Gasteiger partial charge is 0.493 e. The predicted molar refractivity (Wildman–Crippen MR) is 88.5 cm³/mol. The van der Waals surface area contributed by atoms with Crippen LogP contribution < -0.4 is 10.1 Å². The van der Waals surface area contributed by atoms with Crippen LogP contribution in [0.5, 0.6) is 5.75 Å². The van der Waals surface area contributed by atoms with Gasteiger partial charge in [-0.1, -0.05) is 18.2 Å². The van der Waals surface area contributed by atoms with Crippen LogP contribution in [-0.2, 0) is 17.6 Å². The van der Waals surface area contributed by atoms with Crippen LogP contribution >= 0.6 is 0 Å². The van der Waals surface area contributed by atoms with Gasteiger partial charge in [-0.2, -0.15) is 5.10 Å². The lowest BCUT2D eigenvalue weighted by atomic mass is 9.97. The Morgan fingerprint density at radius 3 is 3.00 bits per heavy atom. The number of amides is 1. The number of hydrogen-bond acceptors (Lipinski definition) is 3. The third kappa shape index (κ3) is 3.73. The van der Waals surface area contributed by atoms with Crippen molar-refractivity contribution in [1.29, 1.82) is 0 Å². The maximum atomic E-state index is 12.0. The van der Waals surface area contributed by atoms with Crippen LogP contribution in [0.1, 0.15) is 28.9 Å². The fourth-order valence-corrected chi connectivity index (χ4v) is 2.88. The number of para-hydroxylation sites is 1. The van der Waals surface area contributed by atoms with Gasteiger partial charge < -0.3 is 10.1 Å². The highest BCUT2D eigenvalue weighted by Crippen LogP contribution is 2.26. The van der Waals surface area contributed by atoms with Crippen molar-refractivity contribution in [1.82, 2.24) is 15.5 Å². The van der Waals surface area contributed by atoms with Gasteiger partial charge in [-0.15, -0.1) is 0 Å². The second kappa shape index (κ2) is 6.86. The van der Waals surface area contributed by atoms with E-state index >= 15 is 0 Å². The number of carbonyl (C=O) groups excluding carboxylic acids is 1. The monoisotopic (exact) mass is 313 g/mol. The normalized spacial score (nSPS) is 16.5. The van der Waals surface area contributed by atoms with Gasteiger partial charge in [0.1, 0.15) is 5.75 Å². The highest BCUT2D eigenvalue weighted by molar-refractivity contribution is 5.76. The van der Waals surface area contributed by atoms with Crippen molar-refractivity contribution >= 4 is 5.91 Å². The lowest BCUT2D eigenvalue weighted by Crippen LogP contribution is -2.34. The molecule has 0 spiro atoms. The van der Waals surface area contributed by atoms with Gasteiger partial charge >= 0.3 is 0 Å². The molecule has 3 rings (SSSR count). The Labute approximate surface area is 136 Å². The van der Waals surface area contributed by atoms with Gasteiger partial charge in [0, 0.05) is 31.0 Å². The molecule has 2 aromatic rings. The maximum Gasteiger partial charge on any atom is 0.220 e. The highest BCUT2D eigenvalue weighted by atomic mass is 16.5. The first kappa shape index (κ1) is 15.6. The fourth-order valence-electron chi connectivity index (χ4n) is 2.88. The molecule has 0 radical (unpaired) electrons. The Morgan fingerprint density at radius 2 is 2.22 bits per heavy atom. The molecule has 1 aliphatic heterocycles. The molecule has 2 N–H and O–H groups in total.